The Bertz CT molecular complexity index is 2190. The van der Waals surface area contributed by atoms with Gasteiger partial charge in [0.15, 0.2) is 12.3 Å². The highest BCUT2D eigenvalue weighted by molar-refractivity contribution is 6.07. The van der Waals surface area contributed by atoms with E-state index in [2.05, 4.69) is 104 Å². The molecule has 1 unspecified atom stereocenters. The number of anilines is 1. The summed E-state index contributed by atoms with van der Waals surface area (Å²) in [5.74, 6) is -0.0326. The highest BCUT2D eigenvalue weighted by Crippen LogP contribution is 2.55. The summed E-state index contributed by atoms with van der Waals surface area (Å²) < 4.78 is 13.3. The van der Waals surface area contributed by atoms with Gasteiger partial charge in [-0.25, -0.2) is 0 Å². The van der Waals surface area contributed by atoms with Crippen molar-refractivity contribution in [3.05, 3.63) is 101 Å². The summed E-state index contributed by atoms with van der Waals surface area (Å²) in [6, 6.07) is 21.5. The molecule has 65 heavy (non-hydrogen) atoms. The molecule has 8 nitrogen and oxygen atoms in total. The van der Waals surface area contributed by atoms with Crippen LogP contribution in [0.25, 0.3) is 10.8 Å². The molecule has 0 bridgehead atoms. The Morgan fingerprint density at radius 1 is 0.831 bits per heavy atom. The molecule has 0 radical (unpaired) electrons. The van der Waals surface area contributed by atoms with E-state index in [4.69, 9.17) is 9.47 Å². The van der Waals surface area contributed by atoms with Gasteiger partial charge in [0, 0.05) is 41.1 Å². The summed E-state index contributed by atoms with van der Waals surface area (Å²) in [7, 11) is 1.72. The fraction of sp³-hybridized carbons (Fsp3) is 0.544. The molecule has 3 aromatic rings. The van der Waals surface area contributed by atoms with Crippen LogP contribution in [0.15, 0.2) is 90.2 Å². The van der Waals surface area contributed by atoms with E-state index in [9.17, 15) is 20.0 Å². The average molecular weight is 885 g/mol. The number of hydrogen-bond acceptors (Lipinski definition) is 6. The molecule has 1 atom stereocenters. The SMILES string of the molecule is CCCCCCCCCCCCC1(CCCCCCCCCC)\C(=C/C=C(C#N)/C=C/C2=[N+](CCOC=O)c3ccc4ccccc4c3C2(C)C)N(CCC(=O)O)c2ccc(OC)cc21. The molecule has 0 spiro atoms. The first-order valence-electron chi connectivity index (χ1n) is 25.1. The van der Waals surface area contributed by atoms with Gasteiger partial charge in [0.25, 0.3) is 6.47 Å². The fourth-order valence-electron chi connectivity index (χ4n) is 10.5. The van der Waals surface area contributed by atoms with Gasteiger partial charge in [0.2, 0.25) is 5.69 Å². The maximum Gasteiger partial charge on any atom is 0.305 e. The number of allylic oxidation sites excluding steroid dienone is 6. The molecule has 3 aromatic carbocycles. The largest absolute Gasteiger partial charge is 0.497 e. The number of carbonyl (C=O) groups excluding carboxylic acids is 1. The molecule has 0 aromatic heterocycles. The van der Waals surface area contributed by atoms with Crippen molar-refractivity contribution in [2.45, 2.75) is 173 Å². The van der Waals surface area contributed by atoms with Crippen LogP contribution in [0.5, 0.6) is 5.75 Å². The van der Waals surface area contributed by atoms with E-state index in [1.54, 1.807) is 7.11 Å². The number of carboxylic acid groups (broad SMARTS) is 1. The molecule has 5 rings (SSSR count). The van der Waals surface area contributed by atoms with Crippen molar-refractivity contribution >= 4 is 40.3 Å². The highest BCUT2D eigenvalue weighted by atomic mass is 16.5. The molecule has 2 aliphatic heterocycles. The van der Waals surface area contributed by atoms with Gasteiger partial charge >= 0.3 is 5.97 Å². The van der Waals surface area contributed by atoms with Gasteiger partial charge in [-0.3, -0.25) is 9.59 Å². The molecule has 350 valence electrons. The normalized spacial score (nSPS) is 17.3. The zero-order valence-corrected chi connectivity index (χ0v) is 40.5. The molecule has 0 amide bonds. The van der Waals surface area contributed by atoms with Crippen LogP contribution in [0.4, 0.5) is 11.4 Å². The van der Waals surface area contributed by atoms with Gasteiger partial charge in [-0.05, 0) is 85.5 Å². The van der Waals surface area contributed by atoms with E-state index in [-0.39, 0.29) is 18.4 Å². The van der Waals surface area contributed by atoms with Crippen LogP contribution in [0.3, 0.4) is 0 Å². The summed E-state index contributed by atoms with van der Waals surface area (Å²) in [5.41, 5.74) is 6.32. The number of nitrogens with zero attached hydrogens (tertiary/aromatic N) is 3. The van der Waals surface area contributed by atoms with E-state index in [0.717, 1.165) is 72.4 Å². The fourth-order valence-corrected chi connectivity index (χ4v) is 10.5. The summed E-state index contributed by atoms with van der Waals surface area (Å²) in [6.45, 7) is 10.5. The second kappa shape index (κ2) is 26.1. The first-order chi connectivity index (χ1) is 31.7. The number of fused-ring (bicyclic) bond motifs is 4. The molecule has 1 N–H and O–H groups in total. The smallest absolute Gasteiger partial charge is 0.305 e. The van der Waals surface area contributed by atoms with E-state index < -0.39 is 11.4 Å². The van der Waals surface area contributed by atoms with Gasteiger partial charge in [-0.2, -0.15) is 9.84 Å². The molecule has 8 heteroatoms. The number of methoxy groups -OCH3 is 1. The molecular formula is C57H78N3O5+. The summed E-state index contributed by atoms with van der Waals surface area (Å²) in [5, 5.41) is 23.1. The Hall–Kier alpha value is -5.16. The van der Waals surface area contributed by atoms with Crippen LogP contribution in [0, 0.1) is 11.3 Å². The minimum Gasteiger partial charge on any atom is -0.497 e. The average Bonchev–Trinajstić information content (AvgIpc) is 3.69. The standard InChI is InChI=1S/C57H77N3O5/c1-6-8-10-12-14-16-17-19-21-25-38-57(37-24-20-18-15-13-11-9-7-2)49-42-47(64-5)31-33-50(49)59(39-36-54(62)63)53(57)35-29-45(43-58)28-34-52-56(3,4)55-48-27-23-22-26-46(48)30-32-51(55)60(52)40-41-65-44-61/h22-23,26-35,42,44H,6-21,24-25,36-41H2,1-5H3/p+1. The van der Waals surface area contributed by atoms with Crippen molar-refractivity contribution in [1.82, 2.24) is 0 Å². The number of carbonyl (C=O) groups is 2. The maximum atomic E-state index is 12.2. The quantitative estimate of drug-likeness (QED) is 0.0226. The van der Waals surface area contributed by atoms with Crippen LogP contribution < -0.4 is 9.64 Å². The number of benzene rings is 3. The predicted octanol–water partition coefficient (Wildman–Crippen LogP) is 14.4. The van der Waals surface area contributed by atoms with Gasteiger partial charge in [0.1, 0.15) is 12.4 Å². The Labute approximate surface area is 391 Å². The lowest BCUT2D eigenvalue weighted by atomic mass is 9.71. The number of nitriles is 1. The third-order valence-electron chi connectivity index (χ3n) is 14.0. The van der Waals surface area contributed by atoms with Crippen LogP contribution in [-0.2, 0) is 25.2 Å². The van der Waals surface area contributed by atoms with Crippen molar-refractivity contribution in [3.8, 4) is 11.8 Å². The monoisotopic (exact) mass is 885 g/mol. The van der Waals surface area contributed by atoms with Gasteiger partial charge in [-0.15, -0.1) is 0 Å². The summed E-state index contributed by atoms with van der Waals surface area (Å²) in [4.78, 5) is 25.7. The Morgan fingerprint density at radius 2 is 1.45 bits per heavy atom. The number of ether oxygens (including phenoxy) is 2. The topological polar surface area (TPSA) is 103 Å². The molecule has 2 heterocycles. The van der Waals surface area contributed by atoms with Gasteiger partial charge in [-0.1, -0.05) is 154 Å². The number of hydrogen-bond donors (Lipinski definition) is 1. The van der Waals surface area contributed by atoms with Crippen molar-refractivity contribution in [3.63, 3.8) is 0 Å². The molecule has 0 saturated heterocycles. The lowest BCUT2D eigenvalue weighted by molar-refractivity contribution is -0.440. The van der Waals surface area contributed by atoms with Crippen molar-refractivity contribution in [1.29, 1.82) is 5.26 Å². The molecule has 0 aliphatic carbocycles. The van der Waals surface area contributed by atoms with Gasteiger partial charge < -0.3 is 19.5 Å². The molecule has 0 saturated carbocycles. The van der Waals surface area contributed by atoms with Crippen molar-refractivity contribution < 1.29 is 28.7 Å². The lowest BCUT2D eigenvalue weighted by Crippen LogP contribution is -2.32. The minimum atomic E-state index is -0.834. The summed E-state index contributed by atoms with van der Waals surface area (Å²) >= 11 is 0. The third kappa shape index (κ3) is 13.2. The predicted molar refractivity (Wildman–Crippen MR) is 268 cm³/mol. The number of carboxylic acids is 1. The molecular weight excluding hydrogens is 807 g/mol. The zero-order valence-electron chi connectivity index (χ0n) is 40.5. The van der Waals surface area contributed by atoms with E-state index in [1.807, 2.05) is 18.2 Å². The Kier molecular flexibility index (Phi) is 20.4. The van der Waals surface area contributed by atoms with Crippen LogP contribution in [-0.4, -0.2) is 54.6 Å². The minimum absolute atomic E-state index is 0.00404. The second-order valence-electron chi connectivity index (χ2n) is 18.8. The van der Waals surface area contributed by atoms with Crippen LogP contribution >= 0.6 is 0 Å². The Morgan fingerprint density at radius 3 is 2.03 bits per heavy atom. The number of unbranched alkanes of at least 4 members (excludes halogenated alkanes) is 16. The van der Waals surface area contributed by atoms with Crippen molar-refractivity contribution in [2.75, 3.05) is 31.7 Å². The van der Waals surface area contributed by atoms with E-state index in [0.29, 0.717) is 25.1 Å². The van der Waals surface area contributed by atoms with E-state index >= 15 is 0 Å². The first-order valence-corrected chi connectivity index (χ1v) is 25.1. The van der Waals surface area contributed by atoms with E-state index in [1.165, 1.54) is 106 Å². The van der Waals surface area contributed by atoms with Crippen molar-refractivity contribution in [2.24, 2.45) is 0 Å². The lowest BCUT2D eigenvalue weighted by Gasteiger charge is -2.34. The second-order valence-corrected chi connectivity index (χ2v) is 18.8. The third-order valence-corrected chi connectivity index (χ3v) is 14.0. The van der Waals surface area contributed by atoms with Crippen LogP contribution in [0.2, 0.25) is 0 Å². The molecule has 2 aliphatic rings. The maximum absolute atomic E-state index is 12.2. The number of rotatable bonds is 31. The van der Waals surface area contributed by atoms with Gasteiger partial charge in [0.05, 0.1) is 30.6 Å². The number of aliphatic carboxylic acids is 1. The van der Waals surface area contributed by atoms with Crippen LogP contribution in [0.1, 0.15) is 174 Å². The highest BCUT2D eigenvalue weighted by Gasteiger charge is 2.47. The molecule has 0 fully saturated rings. The Balaban J connectivity index is 1.54. The first kappa shape index (κ1) is 50.8. The zero-order chi connectivity index (χ0) is 46.5. The summed E-state index contributed by atoms with van der Waals surface area (Å²) in [6.07, 6.45) is 32.3.